The van der Waals surface area contributed by atoms with Crippen LogP contribution in [0.5, 0.6) is 11.5 Å². The number of hydrogen-bond acceptors (Lipinski definition) is 6. The summed E-state index contributed by atoms with van der Waals surface area (Å²) in [5.41, 5.74) is 2.32. The Balaban J connectivity index is 1.50. The molecule has 0 aliphatic rings. The number of hydrogen-bond donors (Lipinski definition) is 2. The molecule has 0 radical (unpaired) electrons. The minimum atomic E-state index is 0.609. The molecule has 28 heavy (non-hydrogen) atoms. The van der Waals surface area contributed by atoms with E-state index in [9.17, 15) is 0 Å². The molecule has 0 unspecified atom stereocenters. The van der Waals surface area contributed by atoms with Crippen LogP contribution in [0.15, 0.2) is 60.8 Å². The molecule has 0 saturated heterocycles. The van der Waals surface area contributed by atoms with Crippen molar-refractivity contribution in [2.45, 2.75) is 12.8 Å². The highest BCUT2D eigenvalue weighted by molar-refractivity contribution is 5.41. The monoisotopic (exact) mass is 378 g/mol. The van der Waals surface area contributed by atoms with E-state index < -0.39 is 0 Å². The number of nitrogens with one attached hydrogen (secondary N) is 2. The van der Waals surface area contributed by atoms with E-state index in [1.54, 1.807) is 20.4 Å². The third kappa shape index (κ3) is 5.36. The fourth-order valence-corrected chi connectivity index (χ4v) is 3.00. The van der Waals surface area contributed by atoms with Gasteiger partial charge >= 0.3 is 0 Å². The number of aromatic nitrogens is 2. The summed E-state index contributed by atoms with van der Waals surface area (Å²) in [6, 6.07) is 17.9. The summed E-state index contributed by atoms with van der Waals surface area (Å²) in [5, 5.41) is 6.62. The zero-order valence-electron chi connectivity index (χ0n) is 16.3. The minimum absolute atomic E-state index is 0.609. The Kier molecular flexibility index (Phi) is 7.07. The van der Waals surface area contributed by atoms with Crippen molar-refractivity contribution in [1.82, 2.24) is 9.97 Å². The number of methoxy groups -OCH3 is 2. The van der Waals surface area contributed by atoms with Gasteiger partial charge in [-0.05, 0) is 42.2 Å². The number of anilines is 2. The van der Waals surface area contributed by atoms with Crippen molar-refractivity contribution in [2.75, 3.05) is 37.9 Å². The second kappa shape index (κ2) is 10.2. The van der Waals surface area contributed by atoms with Gasteiger partial charge in [0, 0.05) is 19.3 Å². The van der Waals surface area contributed by atoms with E-state index in [0.717, 1.165) is 48.8 Å². The van der Waals surface area contributed by atoms with Crippen LogP contribution in [0.2, 0.25) is 0 Å². The SMILES string of the molecule is COc1ccccc1CCNc1ccnc(NCCc2ccccc2OC)n1. The van der Waals surface area contributed by atoms with E-state index >= 15 is 0 Å². The fourth-order valence-electron chi connectivity index (χ4n) is 3.00. The van der Waals surface area contributed by atoms with Gasteiger partial charge in [-0.2, -0.15) is 4.98 Å². The molecule has 0 spiro atoms. The van der Waals surface area contributed by atoms with Gasteiger partial charge < -0.3 is 20.1 Å². The first-order valence-electron chi connectivity index (χ1n) is 9.34. The normalized spacial score (nSPS) is 10.4. The summed E-state index contributed by atoms with van der Waals surface area (Å²) >= 11 is 0. The lowest BCUT2D eigenvalue weighted by Gasteiger charge is -2.11. The van der Waals surface area contributed by atoms with Crippen molar-refractivity contribution >= 4 is 11.8 Å². The van der Waals surface area contributed by atoms with Crippen LogP contribution in [0.4, 0.5) is 11.8 Å². The highest BCUT2D eigenvalue weighted by Gasteiger charge is 2.04. The second-order valence-electron chi connectivity index (χ2n) is 6.24. The van der Waals surface area contributed by atoms with Gasteiger partial charge in [0.05, 0.1) is 14.2 Å². The Bertz CT molecular complexity index is 817. The largest absolute Gasteiger partial charge is 0.496 e. The highest BCUT2D eigenvalue weighted by atomic mass is 16.5. The van der Waals surface area contributed by atoms with Crippen LogP contribution in [-0.2, 0) is 12.8 Å². The van der Waals surface area contributed by atoms with E-state index in [-0.39, 0.29) is 0 Å². The molecule has 0 amide bonds. The van der Waals surface area contributed by atoms with Gasteiger partial charge in [0.15, 0.2) is 0 Å². The third-order valence-electron chi connectivity index (χ3n) is 4.42. The number of para-hydroxylation sites is 2. The lowest BCUT2D eigenvalue weighted by Crippen LogP contribution is -2.11. The van der Waals surface area contributed by atoms with E-state index in [4.69, 9.17) is 9.47 Å². The Labute approximate surface area is 166 Å². The molecular formula is C22H26N4O2. The molecule has 2 aromatic carbocycles. The molecule has 1 heterocycles. The molecule has 2 N–H and O–H groups in total. The van der Waals surface area contributed by atoms with Crippen molar-refractivity contribution in [3.63, 3.8) is 0 Å². The van der Waals surface area contributed by atoms with E-state index in [1.807, 2.05) is 42.5 Å². The van der Waals surface area contributed by atoms with Crippen LogP contribution in [0.25, 0.3) is 0 Å². The van der Waals surface area contributed by atoms with Crippen molar-refractivity contribution in [1.29, 1.82) is 0 Å². The van der Waals surface area contributed by atoms with Gasteiger partial charge in [0.2, 0.25) is 5.95 Å². The quantitative estimate of drug-likeness (QED) is 0.559. The van der Waals surface area contributed by atoms with Gasteiger partial charge in [0.1, 0.15) is 17.3 Å². The molecule has 0 fully saturated rings. The standard InChI is InChI=1S/C22H26N4O2/c1-27-19-9-5-3-7-17(19)11-14-23-21-13-16-25-22(26-21)24-15-12-18-8-4-6-10-20(18)28-2/h3-10,13,16H,11-12,14-15H2,1-2H3,(H2,23,24,25,26). The van der Waals surface area contributed by atoms with Crippen molar-refractivity contribution in [3.05, 3.63) is 71.9 Å². The lowest BCUT2D eigenvalue weighted by atomic mass is 10.1. The Morgan fingerprint density at radius 1 is 0.750 bits per heavy atom. The summed E-state index contributed by atoms with van der Waals surface area (Å²) in [4.78, 5) is 8.82. The lowest BCUT2D eigenvalue weighted by molar-refractivity contribution is 0.410. The van der Waals surface area contributed by atoms with Gasteiger partial charge in [-0.25, -0.2) is 4.98 Å². The summed E-state index contributed by atoms with van der Waals surface area (Å²) in [6.07, 6.45) is 3.44. The number of benzene rings is 2. The molecule has 0 atom stereocenters. The van der Waals surface area contributed by atoms with Crippen LogP contribution in [0, 0.1) is 0 Å². The molecule has 146 valence electrons. The molecule has 0 saturated carbocycles. The van der Waals surface area contributed by atoms with Crippen LogP contribution in [0.3, 0.4) is 0 Å². The smallest absolute Gasteiger partial charge is 0.224 e. The van der Waals surface area contributed by atoms with E-state index in [1.165, 1.54) is 5.56 Å². The maximum absolute atomic E-state index is 5.39. The highest BCUT2D eigenvalue weighted by Crippen LogP contribution is 2.19. The summed E-state index contributed by atoms with van der Waals surface area (Å²) in [5.74, 6) is 3.21. The average Bonchev–Trinajstić information content (AvgIpc) is 2.75. The maximum Gasteiger partial charge on any atom is 0.224 e. The first-order chi connectivity index (χ1) is 13.8. The minimum Gasteiger partial charge on any atom is -0.496 e. The molecule has 1 aromatic heterocycles. The van der Waals surface area contributed by atoms with Gasteiger partial charge in [0.25, 0.3) is 0 Å². The molecule has 0 bridgehead atoms. The first kappa shape index (κ1) is 19.5. The molecule has 6 nitrogen and oxygen atoms in total. The summed E-state index contributed by atoms with van der Waals surface area (Å²) in [6.45, 7) is 1.49. The zero-order chi connectivity index (χ0) is 19.6. The average molecular weight is 378 g/mol. The third-order valence-corrected chi connectivity index (χ3v) is 4.42. The van der Waals surface area contributed by atoms with Gasteiger partial charge in [-0.3, -0.25) is 0 Å². The number of rotatable bonds is 10. The van der Waals surface area contributed by atoms with Crippen LogP contribution in [0.1, 0.15) is 11.1 Å². The molecule has 6 heteroatoms. The predicted octanol–water partition coefficient (Wildman–Crippen LogP) is 3.80. The Hall–Kier alpha value is -3.28. The Morgan fingerprint density at radius 3 is 1.93 bits per heavy atom. The molecule has 0 aliphatic heterocycles. The summed E-state index contributed by atoms with van der Waals surface area (Å²) in [7, 11) is 3.38. The Morgan fingerprint density at radius 2 is 1.32 bits per heavy atom. The van der Waals surface area contributed by atoms with Gasteiger partial charge in [-0.15, -0.1) is 0 Å². The maximum atomic E-state index is 5.39. The number of nitrogens with zero attached hydrogens (tertiary/aromatic N) is 2. The van der Waals surface area contributed by atoms with E-state index in [2.05, 4.69) is 32.7 Å². The summed E-state index contributed by atoms with van der Waals surface area (Å²) < 4.78 is 10.8. The molecule has 3 aromatic rings. The van der Waals surface area contributed by atoms with Crippen molar-refractivity contribution in [2.24, 2.45) is 0 Å². The second-order valence-corrected chi connectivity index (χ2v) is 6.24. The zero-order valence-corrected chi connectivity index (χ0v) is 16.3. The number of ether oxygens (including phenoxy) is 2. The first-order valence-corrected chi connectivity index (χ1v) is 9.34. The van der Waals surface area contributed by atoms with Crippen LogP contribution in [-0.4, -0.2) is 37.3 Å². The molecule has 3 rings (SSSR count). The van der Waals surface area contributed by atoms with Gasteiger partial charge in [-0.1, -0.05) is 36.4 Å². The van der Waals surface area contributed by atoms with Crippen molar-refractivity contribution in [3.8, 4) is 11.5 Å². The fraction of sp³-hybridized carbons (Fsp3) is 0.273. The van der Waals surface area contributed by atoms with Crippen molar-refractivity contribution < 1.29 is 9.47 Å². The van der Waals surface area contributed by atoms with Crippen LogP contribution < -0.4 is 20.1 Å². The molecule has 0 aliphatic carbocycles. The van der Waals surface area contributed by atoms with Crippen LogP contribution >= 0.6 is 0 Å². The predicted molar refractivity (Wildman–Crippen MR) is 112 cm³/mol. The van der Waals surface area contributed by atoms with E-state index in [0.29, 0.717) is 5.95 Å². The molecular weight excluding hydrogens is 352 g/mol. The topological polar surface area (TPSA) is 68.3 Å².